The molecule has 3 rings (SSSR count). The number of aliphatic hydroxyl groups excluding tert-OH is 1. The SMILES string of the molecule is OC(CNC1(c2cccc(F)c2)CC1)COCc1cccs1. The van der Waals surface area contributed by atoms with E-state index in [1.54, 1.807) is 23.5 Å². The van der Waals surface area contributed by atoms with Crippen molar-refractivity contribution >= 4 is 11.3 Å². The molecule has 0 bridgehead atoms. The highest BCUT2D eigenvalue weighted by Gasteiger charge is 2.44. The van der Waals surface area contributed by atoms with E-state index in [0.717, 1.165) is 23.3 Å². The lowest BCUT2D eigenvalue weighted by atomic mass is 10.0. The number of hydrogen-bond acceptors (Lipinski definition) is 4. The lowest BCUT2D eigenvalue weighted by molar-refractivity contribution is 0.0280. The molecule has 0 radical (unpaired) electrons. The van der Waals surface area contributed by atoms with E-state index in [1.807, 2.05) is 23.6 Å². The highest BCUT2D eigenvalue weighted by molar-refractivity contribution is 7.09. The van der Waals surface area contributed by atoms with Gasteiger partial charge in [-0.25, -0.2) is 4.39 Å². The van der Waals surface area contributed by atoms with E-state index in [9.17, 15) is 9.50 Å². The summed E-state index contributed by atoms with van der Waals surface area (Å²) in [5.74, 6) is -0.217. The van der Waals surface area contributed by atoms with E-state index in [-0.39, 0.29) is 11.4 Å². The second-order valence-corrected chi connectivity index (χ2v) is 6.75. The molecule has 0 saturated heterocycles. The first-order valence-electron chi connectivity index (χ1n) is 7.47. The molecule has 5 heteroatoms. The summed E-state index contributed by atoms with van der Waals surface area (Å²) in [7, 11) is 0. The molecule has 2 N–H and O–H groups in total. The van der Waals surface area contributed by atoms with Gasteiger partial charge in [-0.1, -0.05) is 18.2 Å². The van der Waals surface area contributed by atoms with Crippen molar-refractivity contribution in [3.05, 3.63) is 58.0 Å². The number of thiophene rings is 1. The fourth-order valence-corrected chi connectivity index (χ4v) is 3.18. The van der Waals surface area contributed by atoms with Gasteiger partial charge in [-0.05, 0) is 42.0 Å². The van der Waals surface area contributed by atoms with Gasteiger partial charge in [0, 0.05) is 17.0 Å². The predicted octanol–water partition coefficient (Wildman–Crippen LogP) is 3.04. The number of halogens is 1. The molecule has 118 valence electrons. The Labute approximate surface area is 133 Å². The van der Waals surface area contributed by atoms with Gasteiger partial charge < -0.3 is 15.2 Å². The Bertz CT molecular complexity index is 598. The molecule has 1 heterocycles. The topological polar surface area (TPSA) is 41.5 Å². The van der Waals surface area contributed by atoms with Gasteiger partial charge in [-0.3, -0.25) is 0 Å². The summed E-state index contributed by atoms with van der Waals surface area (Å²) in [6.07, 6.45) is 1.38. The first-order chi connectivity index (χ1) is 10.7. The number of aliphatic hydroxyl groups is 1. The van der Waals surface area contributed by atoms with Crippen LogP contribution in [0.15, 0.2) is 41.8 Å². The molecule has 0 aliphatic heterocycles. The van der Waals surface area contributed by atoms with Crippen LogP contribution in [-0.4, -0.2) is 24.4 Å². The van der Waals surface area contributed by atoms with Crippen LogP contribution in [0.1, 0.15) is 23.3 Å². The van der Waals surface area contributed by atoms with Crippen LogP contribution in [0.4, 0.5) is 4.39 Å². The summed E-state index contributed by atoms with van der Waals surface area (Å²) in [4.78, 5) is 1.15. The summed E-state index contributed by atoms with van der Waals surface area (Å²) >= 11 is 1.64. The molecule has 1 aliphatic rings. The van der Waals surface area contributed by atoms with Gasteiger partial charge in [-0.15, -0.1) is 11.3 Å². The molecule has 0 amide bonds. The van der Waals surface area contributed by atoms with Gasteiger partial charge in [0.2, 0.25) is 0 Å². The Morgan fingerprint density at radius 1 is 1.32 bits per heavy atom. The van der Waals surface area contributed by atoms with Crippen LogP contribution in [0.5, 0.6) is 0 Å². The average molecular weight is 321 g/mol. The maximum absolute atomic E-state index is 13.3. The van der Waals surface area contributed by atoms with E-state index in [2.05, 4.69) is 5.32 Å². The van der Waals surface area contributed by atoms with Crippen LogP contribution < -0.4 is 5.32 Å². The normalized spacial score (nSPS) is 17.4. The quantitative estimate of drug-likeness (QED) is 0.785. The van der Waals surface area contributed by atoms with Crippen LogP contribution in [-0.2, 0) is 16.9 Å². The summed E-state index contributed by atoms with van der Waals surface area (Å²) in [5.41, 5.74) is 0.788. The Balaban J connectivity index is 1.43. The van der Waals surface area contributed by atoms with Crippen molar-refractivity contribution in [2.45, 2.75) is 31.1 Å². The molecular weight excluding hydrogens is 301 g/mol. The van der Waals surface area contributed by atoms with E-state index < -0.39 is 6.10 Å². The highest BCUT2D eigenvalue weighted by Crippen LogP contribution is 2.45. The van der Waals surface area contributed by atoms with Crippen molar-refractivity contribution in [3.8, 4) is 0 Å². The van der Waals surface area contributed by atoms with Gasteiger partial charge >= 0.3 is 0 Å². The molecule has 22 heavy (non-hydrogen) atoms. The van der Waals surface area contributed by atoms with Crippen LogP contribution in [0.2, 0.25) is 0 Å². The number of benzene rings is 1. The van der Waals surface area contributed by atoms with E-state index in [1.165, 1.54) is 6.07 Å². The fraction of sp³-hybridized carbons (Fsp3) is 0.412. The van der Waals surface area contributed by atoms with Crippen LogP contribution in [0.3, 0.4) is 0 Å². The van der Waals surface area contributed by atoms with E-state index >= 15 is 0 Å². The molecule has 1 aliphatic carbocycles. The standard InChI is InChI=1S/C17H20FNO2S/c18-14-4-1-3-13(9-14)17(6-7-17)19-10-15(20)11-21-12-16-5-2-8-22-16/h1-5,8-9,15,19-20H,6-7,10-12H2. The molecular formula is C17H20FNO2S. The number of rotatable bonds is 8. The lowest BCUT2D eigenvalue weighted by Crippen LogP contribution is -2.37. The molecule has 3 nitrogen and oxygen atoms in total. The maximum atomic E-state index is 13.3. The zero-order valence-corrected chi connectivity index (χ0v) is 13.1. The molecule has 1 fully saturated rings. The van der Waals surface area contributed by atoms with E-state index in [0.29, 0.717) is 19.8 Å². The summed E-state index contributed by atoms with van der Waals surface area (Å²) < 4.78 is 18.8. The molecule has 0 spiro atoms. The molecule has 2 aromatic rings. The zero-order valence-electron chi connectivity index (χ0n) is 12.3. The third kappa shape index (κ3) is 3.93. The van der Waals surface area contributed by atoms with Gasteiger partial charge in [-0.2, -0.15) is 0 Å². The molecule has 1 aromatic heterocycles. The van der Waals surface area contributed by atoms with Crippen molar-refractivity contribution in [2.75, 3.05) is 13.2 Å². The molecule has 1 saturated carbocycles. The fourth-order valence-electron chi connectivity index (χ4n) is 2.54. The van der Waals surface area contributed by atoms with Gasteiger partial charge in [0.15, 0.2) is 0 Å². The molecule has 1 atom stereocenters. The Kier molecular flexibility index (Phi) is 4.88. The Hall–Kier alpha value is -1.27. The zero-order chi connectivity index (χ0) is 15.4. The second-order valence-electron chi connectivity index (χ2n) is 5.72. The summed E-state index contributed by atoms with van der Waals surface area (Å²) in [6.45, 7) is 1.27. The minimum Gasteiger partial charge on any atom is -0.389 e. The lowest BCUT2D eigenvalue weighted by Gasteiger charge is -2.20. The maximum Gasteiger partial charge on any atom is 0.123 e. The van der Waals surface area contributed by atoms with Gasteiger partial charge in [0.1, 0.15) is 5.82 Å². The first kappa shape index (κ1) is 15.6. The van der Waals surface area contributed by atoms with Crippen molar-refractivity contribution in [1.29, 1.82) is 0 Å². The van der Waals surface area contributed by atoms with Crippen molar-refractivity contribution < 1.29 is 14.2 Å². The van der Waals surface area contributed by atoms with Crippen LogP contribution in [0, 0.1) is 5.82 Å². The highest BCUT2D eigenvalue weighted by atomic mass is 32.1. The van der Waals surface area contributed by atoms with Gasteiger partial charge in [0.25, 0.3) is 0 Å². The summed E-state index contributed by atoms with van der Waals surface area (Å²) in [5, 5.41) is 15.4. The smallest absolute Gasteiger partial charge is 0.123 e. The molecule has 1 unspecified atom stereocenters. The minimum absolute atomic E-state index is 0.170. The van der Waals surface area contributed by atoms with Crippen molar-refractivity contribution in [1.82, 2.24) is 5.32 Å². The van der Waals surface area contributed by atoms with E-state index in [4.69, 9.17) is 4.74 Å². The summed E-state index contributed by atoms with van der Waals surface area (Å²) in [6, 6.07) is 10.7. The van der Waals surface area contributed by atoms with Gasteiger partial charge in [0.05, 0.1) is 19.3 Å². The third-order valence-corrected chi connectivity index (χ3v) is 4.79. The third-order valence-electron chi connectivity index (χ3n) is 3.94. The second kappa shape index (κ2) is 6.87. The first-order valence-corrected chi connectivity index (χ1v) is 8.35. The molecule has 1 aromatic carbocycles. The number of ether oxygens (including phenoxy) is 1. The van der Waals surface area contributed by atoms with Crippen LogP contribution >= 0.6 is 11.3 Å². The predicted molar refractivity (Wildman–Crippen MR) is 85.3 cm³/mol. The Morgan fingerprint density at radius 3 is 2.86 bits per heavy atom. The Morgan fingerprint density at radius 2 is 2.18 bits per heavy atom. The number of nitrogens with one attached hydrogen (secondary N) is 1. The average Bonchev–Trinajstić information content (AvgIpc) is 3.14. The number of hydrogen-bond donors (Lipinski definition) is 2. The van der Waals surface area contributed by atoms with Crippen molar-refractivity contribution in [2.24, 2.45) is 0 Å². The van der Waals surface area contributed by atoms with Crippen LogP contribution in [0.25, 0.3) is 0 Å². The minimum atomic E-state index is -0.564. The van der Waals surface area contributed by atoms with Crippen molar-refractivity contribution in [3.63, 3.8) is 0 Å². The largest absolute Gasteiger partial charge is 0.389 e. The monoisotopic (exact) mass is 321 g/mol.